The Kier molecular flexibility index (Phi) is 6.09. The van der Waals surface area contributed by atoms with Crippen LogP contribution in [0.2, 0.25) is 0 Å². The number of aryl methyl sites for hydroxylation is 1. The van der Waals surface area contributed by atoms with Gasteiger partial charge >= 0.3 is 5.76 Å². The van der Waals surface area contributed by atoms with Gasteiger partial charge in [0.15, 0.2) is 5.58 Å². The van der Waals surface area contributed by atoms with Crippen LogP contribution < -0.4 is 16.2 Å². The summed E-state index contributed by atoms with van der Waals surface area (Å²) in [6.07, 6.45) is 2.69. The molecule has 1 atom stereocenters. The predicted octanol–water partition coefficient (Wildman–Crippen LogP) is 2.89. The lowest BCUT2D eigenvalue weighted by molar-refractivity contribution is 0.488. The van der Waals surface area contributed by atoms with Gasteiger partial charge in [0.2, 0.25) is 5.13 Å². The van der Waals surface area contributed by atoms with Crippen LogP contribution in [0.25, 0.3) is 11.1 Å². The number of hydrogen-bond donors (Lipinski definition) is 2. The van der Waals surface area contributed by atoms with Crippen molar-refractivity contribution in [3.63, 3.8) is 0 Å². The maximum absolute atomic E-state index is 14.9. The van der Waals surface area contributed by atoms with Crippen LogP contribution in [0.4, 0.5) is 9.52 Å². The average molecular weight is 478 g/mol. The molecule has 2 heterocycles. The third-order valence-electron chi connectivity index (χ3n) is 5.08. The molecular weight excluding hydrogens is 457 g/mol. The molecule has 2 aromatic carbocycles. The van der Waals surface area contributed by atoms with Gasteiger partial charge in [-0.05, 0) is 37.4 Å². The van der Waals surface area contributed by atoms with Crippen LogP contribution in [0.1, 0.15) is 30.5 Å². The molecule has 4 aromatic rings. The van der Waals surface area contributed by atoms with Crippen molar-refractivity contribution in [1.29, 1.82) is 0 Å². The number of hydrogen-bond acceptors (Lipinski definition) is 8. The molecule has 2 aromatic heterocycles. The van der Waals surface area contributed by atoms with E-state index in [0.29, 0.717) is 6.54 Å². The molecule has 0 unspecified atom stereocenters. The van der Waals surface area contributed by atoms with E-state index < -0.39 is 32.5 Å². The zero-order chi connectivity index (χ0) is 22.9. The minimum atomic E-state index is -4.30. The molecule has 0 fully saturated rings. The van der Waals surface area contributed by atoms with Gasteiger partial charge in [-0.1, -0.05) is 24.3 Å². The second-order valence-electron chi connectivity index (χ2n) is 7.11. The van der Waals surface area contributed by atoms with E-state index in [-0.39, 0.29) is 16.2 Å². The summed E-state index contributed by atoms with van der Waals surface area (Å²) in [5.74, 6) is -1.74. The Labute approximate surface area is 186 Å². The van der Waals surface area contributed by atoms with Gasteiger partial charge in [-0.2, -0.15) is 4.37 Å². The smallest absolute Gasteiger partial charge is 0.408 e. The quantitative estimate of drug-likeness (QED) is 0.399. The molecule has 0 aliphatic carbocycles. The fraction of sp³-hybridized carbons (Fsp3) is 0.250. The number of nitrogens with zero attached hydrogens (tertiary/aromatic N) is 3. The number of halogens is 1. The Bertz CT molecular complexity index is 1410. The van der Waals surface area contributed by atoms with Gasteiger partial charge in [-0.3, -0.25) is 9.29 Å². The topological polar surface area (TPSA) is 133 Å². The molecule has 0 spiro atoms. The second kappa shape index (κ2) is 8.81. The summed E-state index contributed by atoms with van der Waals surface area (Å²) in [4.78, 5) is 15.8. The molecule has 0 aliphatic rings. The molecular formula is C20H20FN5O4S2. The highest BCUT2D eigenvalue weighted by Gasteiger charge is 2.26. The van der Waals surface area contributed by atoms with E-state index >= 15 is 0 Å². The Morgan fingerprint density at radius 1 is 1.31 bits per heavy atom. The molecule has 0 amide bonds. The number of nitrogens with one attached hydrogen (secondary N) is 1. The molecule has 0 aliphatic heterocycles. The second-order valence-corrected chi connectivity index (χ2v) is 9.54. The van der Waals surface area contributed by atoms with E-state index in [0.717, 1.165) is 47.6 Å². The van der Waals surface area contributed by atoms with E-state index in [1.54, 1.807) is 6.92 Å². The number of aromatic nitrogens is 3. The van der Waals surface area contributed by atoms with Gasteiger partial charge in [-0.15, -0.1) is 0 Å². The van der Waals surface area contributed by atoms with Crippen molar-refractivity contribution in [2.45, 2.75) is 30.7 Å². The molecule has 32 heavy (non-hydrogen) atoms. The maximum Gasteiger partial charge on any atom is 0.420 e. The number of oxazole rings is 1. The third-order valence-corrected chi connectivity index (χ3v) is 7.15. The summed E-state index contributed by atoms with van der Waals surface area (Å²) in [7, 11) is -4.30. The van der Waals surface area contributed by atoms with Crippen molar-refractivity contribution in [2.75, 3.05) is 11.3 Å². The minimum Gasteiger partial charge on any atom is -0.408 e. The Morgan fingerprint density at radius 3 is 2.81 bits per heavy atom. The largest absolute Gasteiger partial charge is 0.420 e. The first kappa shape index (κ1) is 22.1. The van der Waals surface area contributed by atoms with E-state index in [1.807, 2.05) is 24.3 Å². The van der Waals surface area contributed by atoms with Crippen molar-refractivity contribution in [1.82, 2.24) is 13.9 Å². The number of rotatable bonds is 8. The summed E-state index contributed by atoms with van der Waals surface area (Å²) in [6.45, 7) is 2.34. The fourth-order valence-electron chi connectivity index (χ4n) is 3.60. The van der Waals surface area contributed by atoms with Gasteiger partial charge < -0.3 is 10.2 Å². The number of benzene rings is 2. The Hall–Kier alpha value is -3.09. The molecule has 168 valence electrons. The van der Waals surface area contributed by atoms with E-state index in [4.69, 9.17) is 10.2 Å². The van der Waals surface area contributed by atoms with Crippen molar-refractivity contribution in [2.24, 2.45) is 5.73 Å². The van der Waals surface area contributed by atoms with Crippen LogP contribution in [-0.2, 0) is 16.4 Å². The average Bonchev–Trinajstić information content (AvgIpc) is 3.37. The summed E-state index contributed by atoms with van der Waals surface area (Å²) in [6, 6.07) is 9.13. The van der Waals surface area contributed by atoms with Crippen LogP contribution in [0.3, 0.4) is 0 Å². The van der Waals surface area contributed by atoms with Crippen molar-refractivity contribution < 1.29 is 17.2 Å². The summed E-state index contributed by atoms with van der Waals surface area (Å²) in [5.41, 5.74) is 7.64. The first-order valence-electron chi connectivity index (χ1n) is 9.73. The third kappa shape index (κ3) is 4.16. The first-order valence-corrected chi connectivity index (χ1v) is 12.0. The molecule has 9 nitrogen and oxygen atoms in total. The molecule has 0 bridgehead atoms. The number of anilines is 1. The number of nitrogens with two attached hydrogens (primary N) is 1. The summed E-state index contributed by atoms with van der Waals surface area (Å²) in [5, 5.41) is -0.00812. The zero-order valence-electron chi connectivity index (χ0n) is 17.0. The van der Waals surface area contributed by atoms with Crippen LogP contribution in [0.5, 0.6) is 0 Å². The van der Waals surface area contributed by atoms with E-state index in [9.17, 15) is 17.6 Å². The van der Waals surface area contributed by atoms with Gasteiger partial charge in [-0.25, -0.2) is 22.6 Å². The molecule has 3 N–H and O–H groups in total. The van der Waals surface area contributed by atoms with Gasteiger partial charge in [0, 0.05) is 23.7 Å². The van der Waals surface area contributed by atoms with E-state index in [1.165, 1.54) is 10.9 Å². The monoisotopic (exact) mass is 477 g/mol. The van der Waals surface area contributed by atoms with E-state index in [2.05, 4.69) is 14.1 Å². The molecule has 12 heteroatoms. The highest BCUT2D eigenvalue weighted by atomic mass is 32.2. The highest BCUT2D eigenvalue weighted by molar-refractivity contribution is 7.93. The molecule has 4 rings (SSSR count). The van der Waals surface area contributed by atoms with Crippen LogP contribution >= 0.6 is 11.5 Å². The Balaban J connectivity index is 1.78. The maximum atomic E-state index is 14.9. The number of fused-ring (bicyclic) bond motifs is 1. The van der Waals surface area contributed by atoms with Crippen molar-refractivity contribution in [3.05, 3.63) is 70.2 Å². The van der Waals surface area contributed by atoms with Crippen LogP contribution in [-0.4, -0.2) is 28.9 Å². The normalized spacial score (nSPS) is 12.8. The van der Waals surface area contributed by atoms with Gasteiger partial charge in [0.1, 0.15) is 17.0 Å². The summed E-state index contributed by atoms with van der Waals surface area (Å²) >= 11 is 0.810. The predicted molar refractivity (Wildman–Crippen MR) is 119 cm³/mol. The highest BCUT2D eigenvalue weighted by Crippen LogP contribution is 2.29. The SMILES string of the molecule is C[C@@H](c1ccccc1CCCN)n1c(=O)oc2cc(S(=O)(=O)Nc3ncns3)c(F)cc21. The molecule has 0 radical (unpaired) electrons. The lowest BCUT2D eigenvalue weighted by Gasteiger charge is -2.17. The van der Waals surface area contributed by atoms with Gasteiger partial charge in [0.25, 0.3) is 10.0 Å². The Morgan fingerprint density at radius 2 is 2.09 bits per heavy atom. The first-order chi connectivity index (χ1) is 15.3. The van der Waals surface area contributed by atoms with Crippen LogP contribution in [0.15, 0.2) is 56.8 Å². The summed E-state index contributed by atoms with van der Waals surface area (Å²) < 4.78 is 52.6. The minimum absolute atomic E-state index is 0.00812. The standard InChI is InChI=1S/C20H20FN5O4S2/c1-12(14-7-3-2-5-13(14)6-4-8-22)26-16-9-15(21)18(10-17(16)30-20(26)27)32(28,29)25-19-23-11-24-31-19/h2-3,5,7,9-12H,4,6,8,22H2,1H3,(H,23,24,25)/t12-/m0/s1. The van der Waals surface area contributed by atoms with Crippen molar-refractivity contribution >= 4 is 37.8 Å². The fourth-order valence-corrected chi connectivity index (χ4v) is 5.33. The zero-order valence-corrected chi connectivity index (χ0v) is 18.6. The van der Waals surface area contributed by atoms with Gasteiger partial charge in [0.05, 0.1) is 11.6 Å². The lowest BCUT2D eigenvalue weighted by atomic mass is 9.97. The lowest BCUT2D eigenvalue weighted by Crippen LogP contribution is -2.20. The molecule has 0 saturated heterocycles. The van der Waals surface area contributed by atoms with Crippen LogP contribution in [0, 0.1) is 5.82 Å². The molecule has 0 saturated carbocycles. The van der Waals surface area contributed by atoms with Crippen molar-refractivity contribution in [3.8, 4) is 0 Å². The number of sulfonamides is 1.